The highest BCUT2D eigenvalue weighted by molar-refractivity contribution is 5.46. The Morgan fingerprint density at radius 1 is 0.879 bits per heavy atom. The van der Waals surface area contributed by atoms with E-state index >= 15 is 0 Å². The number of fused-ring (bicyclic) bond motifs is 1. The molecule has 1 aliphatic rings. The van der Waals surface area contributed by atoms with E-state index in [0.29, 0.717) is 24.8 Å². The molecule has 0 amide bonds. The van der Waals surface area contributed by atoms with Gasteiger partial charge in [0.15, 0.2) is 5.65 Å². The number of pyridine rings is 1. The van der Waals surface area contributed by atoms with E-state index in [9.17, 15) is 13.2 Å². The molecule has 1 aromatic carbocycles. The molecule has 4 aromatic rings. The van der Waals surface area contributed by atoms with Crippen molar-refractivity contribution >= 4 is 11.5 Å². The summed E-state index contributed by atoms with van der Waals surface area (Å²) in [7, 11) is 0. The topological polar surface area (TPSA) is 71.7 Å². The Labute approximate surface area is 187 Å². The predicted molar refractivity (Wildman–Crippen MR) is 114 cm³/mol. The maximum atomic E-state index is 13.1. The van der Waals surface area contributed by atoms with E-state index < -0.39 is 12.0 Å². The molecule has 5 rings (SSSR count). The Hall–Kier alpha value is -3.73. The van der Waals surface area contributed by atoms with Crippen LogP contribution in [0.15, 0.2) is 60.8 Å². The molecule has 0 bridgehead atoms. The van der Waals surface area contributed by atoms with Gasteiger partial charge in [0.2, 0.25) is 5.88 Å². The van der Waals surface area contributed by atoms with Crippen LogP contribution in [0.2, 0.25) is 0 Å². The van der Waals surface area contributed by atoms with Crippen LogP contribution in [0.4, 0.5) is 19.0 Å². The van der Waals surface area contributed by atoms with E-state index in [1.165, 1.54) is 6.07 Å². The molecule has 8 nitrogen and oxygen atoms in total. The van der Waals surface area contributed by atoms with Gasteiger partial charge in [0, 0.05) is 45.0 Å². The second-order valence-electron chi connectivity index (χ2n) is 7.67. The lowest BCUT2D eigenvalue weighted by Gasteiger charge is -2.35. The van der Waals surface area contributed by atoms with Crippen LogP contribution in [0, 0.1) is 0 Å². The van der Waals surface area contributed by atoms with Crippen molar-refractivity contribution in [2.75, 3.05) is 31.1 Å². The Kier molecular flexibility index (Phi) is 5.55. The van der Waals surface area contributed by atoms with Crippen LogP contribution in [0.1, 0.15) is 11.4 Å². The molecule has 4 heterocycles. The summed E-state index contributed by atoms with van der Waals surface area (Å²) >= 11 is 0. The van der Waals surface area contributed by atoms with Crippen molar-refractivity contribution in [2.45, 2.75) is 12.7 Å². The SMILES string of the molecule is FC(F)(F)c1nnc2ccc(N3CCN(Cc4ccc(Oc5ccccc5)nc4)CC3)nn12. The van der Waals surface area contributed by atoms with Crippen molar-refractivity contribution in [3.8, 4) is 11.6 Å². The van der Waals surface area contributed by atoms with Gasteiger partial charge in [-0.25, -0.2) is 4.98 Å². The highest BCUT2D eigenvalue weighted by atomic mass is 19.4. The quantitative estimate of drug-likeness (QED) is 0.455. The molecule has 0 unspecified atom stereocenters. The monoisotopic (exact) mass is 455 g/mol. The number of hydrogen-bond acceptors (Lipinski definition) is 7. The fourth-order valence-corrected chi connectivity index (χ4v) is 3.69. The molecule has 33 heavy (non-hydrogen) atoms. The lowest BCUT2D eigenvalue weighted by atomic mass is 10.2. The molecular formula is C22H20F3N7O. The molecular weight excluding hydrogens is 435 g/mol. The van der Waals surface area contributed by atoms with Gasteiger partial charge in [0.25, 0.3) is 5.82 Å². The highest BCUT2D eigenvalue weighted by Gasteiger charge is 2.37. The average molecular weight is 455 g/mol. The van der Waals surface area contributed by atoms with E-state index in [2.05, 4.69) is 25.2 Å². The number of halogens is 3. The van der Waals surface area contributed by atoms with Gasteiger partial charge in [0.05, 0.1) is 0 Å². The molecule has 11 heteroatoms. The zero-order chi connectivity index (χ0) is 22.8. The van der Waals surface area contributed by atoms with Gasteiger partial charge < -0.3 is 9.64 Å². The van der Waals surface area contributed by atoms with Crippen molar-refractivity contribution in [1.29, 1.82) is 0 Å². The van der Waals surface area contributed by atoms with Gasteiger partial charge >= 0.3 is 6.18 Å². The molecule has 1 saturated heterocycles. The third kappa shape index (κ3) is 4.72. The molecule has 170 valence electrons. The second-order valence-corrected chi connectivity index (χ2v) is 7.67. The third-order valence-corrected chi connectivity index (χ3v) is 5.37. The first-order valence-corrected chi connectivity index (χ1v) is 10.4. The van der Waals surface area contributed by atoms with Crippen molar-refractivity contribution in [2.24, 2.45) is 0 Å². The van der Waals surface area contributed by atoms with Crippen molar-refractivity contribution in [3.63, 3.8) is 0 Å². The van der Waals surface area contributed by atoms with Gasteiger partial charge in [-0.1, -0.05) is 24.3 Å². The van der Waals surface area contributed by atoms with Gasteiger partial charge in [-0.05, 0) is 29.8 Å². The average Bonchev–Trinajstić information content (AvgIpc) is 3.26. The smallest absolute Gasteiger partial charge is 0.439 e. The maximum Gasteiger partial charge on any atom is 0.453 e. The van der Waals surface area contributed by atoms with Gasteiger partial charge in [-0.3, -0.25) is 4.90 Å². The molecule has 0 radical (unpaired) electrons. The van der Waals surface area contributed by atoms with Gasteiger partial charge in [-0.15, -0.1) is 15.3 Å². The van der Waals surface area contributed by atoms with E-state index in [1.54, 1.807) is 12.3 Å². The number of aromatic nitrogens is 5. The molecule has 3 aromatic heterocycles. The number of piperazine rings is 1. The predicted octanol–water partition coefficient (Wildman–Crippen LogP) is 3.65. The lowest BCUT2D eigenvalue weighted by molar-refractivity contribution is -0.146. The van der Waals surface area contributed by atoms with Crippen molar-refractivity contribution in [1.82, 2.24) is 29.7 Å². The molecule has 0 saturated carbocycles. The molecule has 0 N–H and O–H groups in total. The van der Waals surface area contributed by atoms with Crippen LogP contribution in [-0.2, 0) is 12.7 Å². The van der Waals surface area contributed by atoms with E-state index in [4.69, 9.17) is 4.74 Å². The first kappa shape index (κ1) is 21.1. The Balaban J connectivity index is 1.19. The number of hydrogen-bond donors (Lipinski definition) is 0. The van der Waals surface area contributed by atoms with Crippen LogP contribution in [0.3, 0.4) is 0 Å². The summed E-state index contributed by atoms with van der Waals surface area (Å²) in [4.78, 5) is 8.61. The minimum absolute atomic E-state index is 0.0666. The Morgan fingerprint density at radius 2 is 1.67 bits per heavy atom. The fourth-order valence-electron chi connectivity index (χ4n) is 3.69. The third-order valence-electron chi connectivity index (χ3n) is 5.37. The number of nitrogens with zero attached hydrogens (tertiary/aromatic N) is 7. The van der Waals surface area contributed by atoms with Gasteiger partial charge in [0.1, 0.15) is 11.6 Å². The highest BCUT2D eigenvalue weighted by Crippen LogP contribution is 2.28. The largest absolute Gasteiger partial charge is 0.453 e. The zero-order valence-corrected chi connectivity index (χ0v) is 17.5. The van der Waals surface area contributed by atoms with Crippen LogP contribution in [0.5, 0.6) is 11.6 Å². The Morgan fingerprint density at radius 3 is 2.36 bits per heavy atom. The minimum Gasteiger partial charge on any atom is -0.439 e. The second kappa shape index (κ2) is 8.66. The maximum absolute atomic E-state index is 13.1. The molecule has 0 spiro atoms. The molecule has 1 aliphatic heterocycles. The van der Waals surface area contributed by atoms with Crippen molar-refractivity contribution in [3.05, 3.63) is 72.2 Å². The first-order valence-electron chi connectivity index (χ1n) is 10.4. The van der Waals surface area contributed by atoms with E-state index in [0.717, 1.165) is 35.5 Å². The fraction of sp³-hybridized carbons (Fsp3) is 0.273. The summed E-state index contributed by atoms with van der Waals surface area (Å²) in [5, 5.41) is 10.9. The zero-order valence-electron chi connectivity index (χ0n) is 17.5. The van der Waals surface area contributed by atoms with Crippen LogP contribution in [0.25, 0.3) is 5.65 Å². The van der Waals surface area contributed by atoms with Crippen molar-refractivity contribution < 1.29 is 17.9 Å². The summed E-state index contributed by atoms with van der Waals surface area (Å²) in [6.07, 6.45) is -2.82. The summed E-state index contributed by atoms with van der Waals surface area (Å²) in [5.41, 5.74) is 1.12. The lowest BCUT2D eigenvalue weighted by Crippen LogP contribution is -2.46. The number of benzene rings is 1. The number of ether oxygens (including phenoxy) is 1. The minimum atomic E-state index is -4.61. The molecule has 0 atom stereocenters. The number of rotatable bonds is 5. The number of anilines is 1. The Bertz CT molecular complexity index is 1220. The normalized spacial score (nSPS) is 15.2. The van der Waals surface area contributed by atoms with E-state index in [1.807, 2.05) is 47.4 Å². The first-order chi connectivity index (χ1) is 16.0. The number of para-hydroxylation sites is 1. The standard InChI is InChI=1S/C22H20F3N7O/c23-22(24,25)21-28-27-18-7-8-19(29-32(18)21)31-12-10-30(11-13-31)15-16-6-9-20(26-14-16)33-17-4-2-1-3-5-17/h1-9,14H,10-13,15H2. The van der Waals surface area contributed by atoms with Crippen LogP contribution < -0.4 is 9.64 Å². The summed E-state index contributed by atoms with van der Waals surface area (Å²) < 4.78 is 45.8. The van der Waals surface area contributed by atoms with Crippen LogP contribution >= 0.6 is 0 Å². The summed E-state index contributed by atoms with van der Waals surface area (Å²) in [5.74, 6) is 0.611. The van der Waals surface area contributed by atoms with Crippen LogP contribution in [-0.4, -0.2) is 55.9 Å². The molecule has 1 fully saturated rings. The number of alkyl halides is 3. The van der Waals surface area contributed by atoms with E-state index in [-0.39, 0.29) is 5.65 Å². The summed E-state index contributed by atoms with van der Waals surface area (Å²) in [6.45, 7) is 3.50. The van der Waals surface area contributed by atoms with Gasteiger partial charge in [-0.2, -0.15) is 17.7 Å². The molecule has 0 aliphatic carbocycles. The summed E-state index contributed by atoms with van der Waals surface area (Å²) in [6, 6.07) is 16.5.